The van der Waals surface area contributed by atoms with Crippen molar-refractivity contribution in [2.75, 3.05) is 13.2 Å². The molecule has 0 atom stereocenters. The van der Waals surface area contributed by atoms with Crippen molar-refractivity contribution in [2.24, 2.45) is 11.7 Å². The Morgan fingerprint density at radius 3 is 2.78 bits per heavy atom. The Morgan fingerprint density at radius 2 is 2.11 bits per heavy atom. The third-order valence-electron chi connectivity index (χ3n) is 3.59. The topological polar surface area (TPSA) is 74.2 Å². The highest BCUT2D eigenvalue weighted by molar-refractivity contribution is 4.95. The van der Waals surface area contributed by atoms with Crippen molar-refractivity contribution in [3.05, 3.63) is 11.7 Å². The molecule has 0 bridgehead atoms. The zero-order valence-electron chi connectivity index (χ0n) is 11.1. The Morgan fingerprint density at radius 1 is 1.33 bits per heavy atom. The average molecular weight is 253 g/mol. The minimum absolute atomic E-state index is 0.417. The van der Waals surface area contributed by atoms with Gasteiger partial charge in [0.1, 0.15) is 6.61 Å². The summed E-state index contributed by atoms with van der Waals surface area (Å²) in [5.74, 6) is 2.54. The fourth-order valence-electron chi connectivity index (χ4n) is 2.44. The zero-order valence-corrected chi connectivity index (χ0v) is 11.1. The Hall–Kier alpha value is -0.940. The number of hydrogen-bond acceptors (Lipinski definition) is 5. The van der Waals surface area contributed by atoms with Crippen LogP contribution in [0.2, 0.25) is 0 Å². The molecule has 1 aromatic heterocycles. The Kier molecular flexibility index (Phi) is 5.13. The predicted molar refractivity (Wildman–Crippen MR) is 68.0 cm³/mol. The second-order valence-electron chi connectivity index (χ2n) is 5.05. The van der Waals surface area contributed by atoms with E-state index in [1.807, 2.05) is 0 Å². The van der Waals surface area contributed by atoms with E-state index in [0.717, 1.165) is 38.3 Å². The van der Waals surface area contributed by atoms with Gasteiger partial charge in [-0.2, -0.15) is 4.98 Å². The van der Waals surface area contributed by atoms with Crippen molar-refractivity contribution >= 4 is 0 Å². The SMILES string of the molecule is CCCOCc1noc(C2CCC(CN)CC2)n1. The van der Waals surface area contributed by atoms with E-state index in [9.17, 15) is 0 Å². The summed E-state index contributed by atoms with van der Waals surface area (Å²) >= 11 is 0. The highest BCUT2D eigenvalue weighted by Gasteiger charge is 2.25. The van der Waals surface area contributed by atoms with Crippen LogP contribution in [0.4, 0.5) is 0 Å². The van der Waals surface area contributed by atoms with Crippen LogP contribution in [0.15, 0.2) is 4.52 Å². The molecule has 1 heterocycles. The van der Waals surface area contributed by atoms with Crippen LogP contribution in [0.5, 0.6) is 0 Å². The molecule has 2 rings (SSSR count). The lowest BCUT2D eigenvalue weighted by Gasteiger charge is -2.24. The number of nitrogens with two attached hydrogens (primary N) is 1. The standard InChI is InChI=1S/C13H23N3O2/c1-2-7-17-9-12-15-13(18-16-12)11-5-3-10(8-14)4-6-11/h10-11H,2-9,14H2,1H3. The minimum atomic E-state index is 0.417. The molecule has 0 aromatic carbocycles. The lowest BCUT2D eigenvalue weighted by Crippen LogP contribution is -2.20. The molecule has 1 aromatic rings. The first-order valence-corrected chi connectivity index (χ1v) is 6.93. The van der Waals surface area contributed by atoms with Crippen LogP contribution in [-0.2, 0) is 11.3 Å². The van der Waals surface area contributed by atoms with Crippen molar-refractivity contribution in [1.29, 1.82) is 0 Å². The van der Waals surface area contributed by atoms with Gasteiger partial charge in [-0.3, -0.25) is 0 Å². The summed E-state index contributed by atoms with van der Waals surface area (Å²) in [4.78, 5) is 4.42. The molecule has 18 heavy (non-hydrogen) atoms. The minimum Gasteiger partial charge on any atom is -0.373 e. The molecule has 102 valence electrons. The van der Waals surface area contributed by atoms with Gasteiger partial charge in [0.2, 0.25) is 5.89 Å². The van der Waals surface area contributed by atoms with Crippen LogP contribution in [0.25, 0.3) is 0 Å². The Balaban J connectivity index is 1.82. The summed E-state index contributed by atoms with van der Waals surface area (Å²) in [5.41, 5.74) is 5.69. The van der Waals surface area contributed by atoms with Crippen LogP contribution >= 0.6 is 0 Å². The third-order valence-corrected chi connectivity index (χ3v) is 3.59. The molecular formula is C13H23N3O2. The average Bonchev–Trinajstić information content (AvgIpc) is 2.88. The molecule has 0 spiro atoms. The zero-order chi connectivity index (χ0) is 12.8. The van der Waals surface area contributed by atoms with Gasteiger partial charge in [0.15, 0.2) is 5.82 Å². The van der Waals surface area contributed by atoms with E-state index in [1.54, 1.807) is 0 Å². The monoisotopic (exact) mass is 253 g/mol. The third kappa shape index (κ3) is 3.53. The van der Waals surface area contributed by atoms with Gasteiger partial charge in [-0.05, 0) is 44.6 Å². The fraction of sp³-hybridized carbons (Fsp3) is 0.846. The molecule has 0 aliphatic heterocycles. The number of aromatic nitrogens is 2. The van der Waals surface area contributed by atoms with E-state index in [0.29, 0.717) is 24.3 Å². The maximum atomic E-state index is 5.69. The lowest BCUT2D eigenvalue weighted by atomic mass is 9.82. The Bertz CT molecular complexity index is 346. The fourth-order valence-corrected chi connectivity index (χ4v) is 2.44. The smallest absolute Gasteiger partial charge is 0.229 e. The van der Waals surface area contributed by atoms with E-state index < -0.39 is 0 Å². The van der Waals surface area contributed by atoms with Crippen molar-refractivity contribution in [3.63, 3.8) is 0 Å². The van der Waals surface area contributed by atoms with Crippen LogP contribution in [0.1, 0.15) is 56.7 Å². The van der Waals surface area contributed by atoms with Gasteiger partial charge >= 0.3 is 0 Å². The molecule has 0 radical (unpaired) electrons. The summed E-state index contributed by atoms with van der Waals surface area (Å²) in [5, 5.41) is 3.97. The van der Waals surface area contributed by atoms with E-state index >= 15 is 0 Å². The van der Waals surface area contributed by atoms with E-state index in [-0.39, 0.29) is 0 Å². The van der Waals surface area contributed by atoms with Crippen molar-refractivity contribution in [3.8, 4) is 0 Å². The number of nitrogens with zero attached hydrogens (tertiary/aromatic N) is 2. The van der Waals surface area contributed by atoms with Gasteiger partial charge in [0.25, 0.3) is 0 Å². The van der Waals surface area contributed by atoms with Crippen molar-refractivity contribution in [2.45, 2.75) is 51.6 Å². The van der Waals surface area contributed by atoms with Gasteiger partial charge in [-0.25, -0.2) is 0 Å². The van der Waals surface area contributed by atoms with E-state index in [2.05, 4.69) is 17.1 Å². The molecule has 1 aliphatic rings. The normalized spacial score (nSPS) is 24.3. The molecule has 0 amide bonds. The van der Waals surface area contributed by atoms with Gasteiger partial charge in [-0.1, -0.05) is 12.1 Å². The first-order chi connectivity index (χ1) is 8.83. The maximum Gasteiger partial charge on any atom is 0.229 e. The highest BCUT2D eigenvalue weighted by atomic mass is 16.5. The van der Waals surface area contributed by atoms with Gasteiger partial charge < -0.3 is 15.0 Å². The largest absolute Gasteiger partial charge is 0.373 e. The molecule has 5 heteroatoms. The van der Waals surface area contributed by atoms with E-state index in [4.69, 9.17) is 15.0 Å². The summed E-state index contributed by atoms with van der Waals surface area (Å²) in [6, 6.07) is 0. The van der Waals surface area contributed by atoms with Crippen molar-refractivity contribution < 1.29 is 9.26 Å². The first kappa shape index (κ1) is 13.5. The summed E-state index contributed by atoms with van der Waals surface area (Å²) in [7, 11) is 0. The highest BCUT2D eigenvalue weighted by Crippen LogP contribution is 2.34. The maximum absolute atomic E-state index is 5.69. The van der Waals surface area contributed by atoms with Gasteiger partial charge in [0, 0.05) is 12.5 Å². The van der Waals surface area contributed by atoms with Crippen LogP contribution < -0.4 is 5.73 Å². The van der Waals surface area contributed by atoms with Crippen molar-refractivity contribution in [1.82, 2.24) is 10.1 Å². The van der Waals surface area contributed by atoms with Crippen LogP contribution in [-0.4, -0.2) is 23.3 Å². The molecule has 2 N–H and O–H groups in total. The lowest BCUT2D eigenvalue weighted by molar-refractivity contribution is 0.114. The number of ether oxygens (including phenoxy) is 1. The predicted octanol–water partition coefficient (Wildman–Crippen LogP) is 2.23. The summed E-state index contributed by atoms with van der Waals surface area (Å²) in [6.07, 6.45) is 5.57. The quantitative estimate of drug-likeness (QED) is 0.787. The number of hydrogen-bond donors (Lipinski definition) is 1. The second-order valence-corrected chi connectivity index (χ2v) is 5.05. The first-order valence-electron chi connectivity index (χ1n) is 6.93. The van der Waals surface area contributed by atoms with E-state index in [1.165, 1.54) is 12.8 Å². The Labute approximate surface area is 108 Å². The molecule has 1 saturated carbocycles. The summed E-state index contributed by atoms with van der Waals surface area (Å²) in [6.45, 7) is 4.07. The molecule has 1 aliphatic carbocycles. The molecular weight excluding hydrogens is 230 g/mol. The number of rotatable bonds is 6. The van der Waals surface area contributed by atoms with Crippen LogP contribution in [0.3, 0.4) is 0 Å². The second kappa shape index (κ2) is 6.85. The van der Waals surface area contributed by atoms with Gasteiger partial charge in [-0.15, -0.1) is 0 Å². The molecule has 0 unspecified atom stereocenters. The van der Waals surface area contributed by atoms with Gasteiger partial charge in [0.05, 0.1) is 0 Å². The molecule has 1 fully saturated rings. The summed E-state index contributed by atoms with van der Waals surface area (Å²) < 4.78 is 10.7. The molecule has 0 saturated heterocycles. The molecule has 5 nitrogen and oxygen atoms in total. The van der Waals surface area contributed by atoms with Crippen LogP contribution in [0, 0.1) is 5.92 Å².